The Morgan fingerprint density at radius 2 is 1.88 bits per heavy atom. The fourth-order valence-electron chi connectivity index (χ4n) is 1.46. The van der Waals surface area contributed by atoms with Gasteiger partial charge in [0.05, 0.1) is 10.2 Å². The average molecular weight is 343 g/mol. The molecule has 82 valence electrons. The molecule has 0 bridgehead atoms. The van der Waals surface area contributed by atoms with Crippen molar-refractivity contribution in [2.75, 3.05) is 0 Å². The van der Waals surface area contributed by atoms with Crippen LogP contribution in [0.5, 0.6) is 0 Å². The minimum Gasteiger partial charge on any atom is -0.283 e. The van der Waals surface area contributed by atoms with Crippen LogP contribution in [0.2, 0.25) is 0 Å². The number of aromatic nitrogens is 1. The molecule has 0 atom stereocenters. The van der Waals surface area contributed by atoms with E-state index in [-0.39, 0.29) is 5.56 Å². The predicted molar refractivity (Wildman–Crippen MR) is 72.2 cm³/mol. The third-order valence-corrected chi connectivity index (χ3v) is 4.28. The Balaban J connectivity index is 2.72. The van der Waals surface area contributed by atoms with E-state index in [0.29, 0.717) is 0 Å². The molecule has 0 spiro atoms. The lowest BCUT2D eigenvalue weighted by Gasteiger charge is -2.09. The van der Waals surface area contributed by atoms with Crippen molar-refractivity contribution in [1.29, 1.82) is 0 Å². The van der Waals surface area contributed by atoms with Gasteiger partial charge in [-0.05, 0) is 56.5 Å². The highest BCUT2D eigenvalue weighted by atomic mass is 79.9. The molecule has 0 aliphatic rings. The molecule has 0 saturated carbocycles. The summed E-state index contributed by atoms with van der Waals surface area (Å²) in [6, 6.07) is 9.11. The van der Waals surface area contributed by atoms with Gasteiger partial charge in [-0.15, -0.1) is 0 Å². The monoisotopic (exact) mass is 341 g/mol. The Labute approximate surface area is 110 Å². The first-order chi connectivity index (χ1) is 7.59. The standard InChI is InChI=1S/C12H9Br2NO/c1-8-5-6-11(16)15(7-8)10-4-2-3-9(13)12(10)14/h2-7H,1H3. The summed E-state index contributed by atoms with van der Waals surface area (Å²) >= 11 is 6.89. The van der Waals surface area contributed by atoms with Gasteiger partial charge in [-0.1, -0.05) is 12.1 Å². The third kappa shape index (κ3) is 2.13. The second-order valence-electron chi connectivity index (χ2n) is 3.49. The number of aryl methyl sites for hydroxylation is 1. The minimum absolute atomic E-state index is 0.0376. The zero-order chi connectivity index (χ0) is 11.7. The second-order valence-corrected chi connectivity index (χ2v) is 5.13. The highest BCUT2D eigenvalue weighted by molar-refractivity contribution is 9.13. The zero-order valence-electron chi connectivity index (χ0n) is 8.58. The van der Waals surface area contributed by atoms with E-state index >= 15 is 0 Å². The lowest BCUT2D eigenvalue weighted by molar-refractivity contribution is 0.969. The molecule has 0 amide bonds. The summed E-state index contributed by atoms with van der Waals surface area (Å²) in [7, 11) is 0. The molecule has 4 heteroatoms. The topological polar surface area (TPSA) is 22.0 Å². The van der Waals surface area contributed by atoms with Gasteiger partial charge in [-0.25, -0.2) is 0 Å². The van der Waals surface area contributed by atoms with Crippen LogP contribution in [0.3, 0.4) is 0 Å². The molecule has 1 aromatic carbocycles. The number of pyridine rings is 1. The first kappa shape index (κ1) is 11.6. The molecular weight excluding hydrogens is 334 g/mol. The number of halogens is 2. The Hall–Kier alpha value is -0.870. The number of nitrogens with zero attached hydrogens (tertiary/aromatic N) is 1. The number of rotatable bonds is 1. The summed E-state index contributed by atoms with van der Waals surface area (Å²) in [5, 5.41) is 0. The molecule has 0 N–H and O–H groups in total. The Bertz CT molecular complexity index is 590. The van der Waals surface area contributed by atoms with E-state index in [4.69, 9.17) is 0 Å². The molecule has 0 saturated heterocycles. The Kier molecular flexibility index (Phi) is 3.30. The normalized spacial score (nSPS) is 10.4. The Morgan fingerprint density at radius 3 is 2.62 bits per heavy atom. The van der Waals surface area contributed by atoms with E-state index in [1.54, 1.807) is 10.6 Å². The largest absolute Gasteiger partial charge is 0.283 e. The molecule has 1 heterocycles. The van der Waals surface area contributed by atoms with Gasteiger partial charge in [-0.2, -0.15) is 0 Å². The predicted octanol–water partition coefficient (Wildman–Crippen LogP) is 3.67. The van der Waals surface area contributed by atoms with Crippen molar-refractivity contribution in [3.05, 3.63) is 61.4 Å². The Morgan fingerprint density at radius 1 is 1.12 bits per heavy atom. The number of benzene rings is 1. The maximum Gasteiger partial charge on any atom is 0.255 e. The van der Waals surface area contributed by atoms with E-state index in [9.17, 15) is 4.79 Å². The van der Waals surface area contributed by atoms with Crippen LogP contribution in [0.4, 0.5) is 0 Å². The van der Waals surface area contributed by atoms with Crippen LogP contribution in [0, 0.1) is 6.92 Å². The number of hydrogen-bond acceptors (Lipinski definition) is 1. The fourth-order valence-corrected chi connectivity index (χ4v) is 2.27. The summed E-state index contributed by atoms with van der Waals surface area (Å²) in [6.45, 7) is 1.96. The average Bonchev–Trinajstić information content (AvgIpc) is 2.26. The number of hydrogen-bond donors (Lipinski definition) is 0. The van der Waals surface area contributed by atoms with Crippen molar-refractivity contribution in [1.82, 2.24) is 4.57 Å². The third-order valence-electron chi connectivity index (χ3n) is 2.25. The van der Waals surface area contributed by atoms with Crippen molar-refractivity contribution in [3.8, 4) is 5.69 Å². The molecule has 1 aromatic heterocycles. The molecule has 0 aliphatic carbocycles. The highest BCUT2D eigenvalue weighted by Crippen LogP contribution is 2.28. The maximum atomic E-state index is 11.8. The SMILES string of the molecule is Cc1ccc(=O)n(-c2cccc(Br)c2Br)c1. The van der Waals surface area contributed by atoms with E-state index in [1.165, 1.54) is 0 Å². The smallest absolute Gasteiger partial charge is 0.255 e. The zero-order valence-corrected chi connectivity index (χ0v) is 11.7. The molecule has 0 aliphatic heterocycles. The molecule has 0 fully saturated rings. The molecule has 2 aromatic rings. The summed E-state index contributed by atoms with van der Waals surface area (Å²) in [5.74, 6) is 0. The first-order valence-electron chi connectivity index (χ1n) is 4.73. The first-order valence-corrected chi connectivity index (χ1v) is 6.32. The van der Waals surface area contributed by atoms with Crippen LogP contribution >= 0.6 is 31.9 Å². The maximum absolute atomic E-state index is 11.8. The van der Waals surface area contributed by atoms with Gasteiger partial charge < -0.3 is 0 Å². The second kappa shape index (κ2) is 4.55. The van der Waals surface area contributed by atoms with Crippen molar-refractivity contribution in [2.45, 2.75) is 6.92 Å². The summed E-state index contributed by atoms with van der Waals surface area (Å²) in [4.78, 5) is 11.8. The summed E-state index contributed by atoms with van der Waals surface area (Å²) in [5.41, 5.74) is 1.85. The van der Waals surface area contributed by atoms with Gasteiger partial charge in [0.15, 0.2) is 0 Å². The van der Waals surface area contributed by atoms with Crippen LogP contribution in [-0.4, -0.2) is 4.57 Å². The van der Waals surface area contributed by atoms with Crippen molar-refractivity contribution >= 4 is 31.9 Å². The van der Waals surface area contributed by atoms with Gasteiger partial charge in [0.1, 0.15) is 0 Å². The van der Waals surface area contributed by atoms with Gasteiger partial charge in [0.2, 0.25) is 0 Å². The fraction of sp³-hybridized carbons (Fsp3) is 0.0833. The van der Waals surface area contributed by atoms with Gasteiger partial charge in [-0.3, -0.25) is 9.36 Å². The lowest BCUT2D eigenvalue weighted by atomic mass is 10.2. The van der Waals surface area contributed by atoms with E-state index in [2.05, 4.69) is 31.9 Å². The molecule has 0 radical (unpaired) electrons. The highest BCUT2D eigenvalue weighted by Gasteiger charge is 2.06. The quantitative estimate of drug-likeness (QED) is 0.775. The minimum atomic E-state index is -0.0376. The molecule has 2 rings (SSSR count). The van der Waals surface area contributed by atoms with Crippen LogP contribution in [0.25, 0.3) is 5.69 Å². The van der Waals surface area contributed by atoms with Crippen molar-refractivity contribution in [2.24, 2.45) is 0 Å². The molecule has 2 nitrogen and oxygen atoms in total. The van der Waals surface area contributed by atoms with Crippen molar-refractivity contribution < 1.29 is 0 Å². The van der Waals surface area contributed by atoms with E-state index in [1.807, 2.05) is 37.4 Å². The van der Waals surface area contributed by atoms with Crippen LogP contribution in [0.15, 0.2) is 50.3 Å². The summed E-state index contributed by atoms with van der Waals surface area (Å²) < 4.78 is 3.44. The summed E-state index contributed by atoms with van der Waals surface area (Å²) in [6.07, 6.45) is 1.83. The van der Waals surface area contributed by atoms with Crippen LogP contribution < -0.4 is 5.56 Å². The van der Waals surface area contributed by atoms with E-state index in [0.717, 1.165) is 20.2 Å². The van der Waals surface area contributed by atoms with E-state index < -0.39 is 0 Å². The van der Waals surface area contributed by atoms with Gasteiger partial charge >= 0.3 is 0 Å². The van der Waals surface area contributed by atoms with Gasteiger partial charge in [0, 0.05) is 16.7 Å². The lowest BCUT2D eigenvalue weighted by Crippen LogP contribution is -2.17. The van der Waals surface area contributed by atoms with Crippen LogP contribution in [-0.2, 0) is 0 Å². The molecule has 16 heavy (non-hydrogen) atoms. The van der Waals surface area contributed by atoms with Crippen molar-refractivity contribution in [3.63, 3.8) is 0 Å². The van der Waals surface area contributed by atoms with Crippen LogP contribution in [0.1, 0.15) is 5.56 Å². The van der Waals surface area contributed by atoms with Gasteiger partial charge in [0.25, 0.3) is 5.56 Å². The molecular formula is C12H9Br2NO. The molecule has 0 unspecified atom stereocenters.